The molecule has 2 unspecified atom stereocenters. The molecule has 0 N–H and O–H groups in total. The second-order valence-corrected chi connectivity index (χ2v) is 7.40. The molecule has 1 heteroatoms. The molecule has 18 heavy (non-hydrogen) atoms. The largest absolute Gasteiger partial charge is 0.299 e. The zero-order chi connectivity index (χ0) is 12.8. The first-order chi connectivity index (χ1) is 8.55. The molecule has 4 bridgehead atoms. The predicted octanol–water partition coefficient (Wildman–Crippen LogP) is 3.97. The lowest BCUT2D eigenvalue weighted by Crippen LogP contribution is -2.53. The second kappa shape index (κ2) is 4.12. The highest BCUT2D eigenvalue weighted by atomic mass is 16.1. The summed E-state index contributed by atoms with van der Waals surface area (Å²) in [4.78, 5) is 12.6. The number of carbonyl (C=O) groups is 1. The molecule has 0 radical (unpaired) electrons. The average molecular weight is 244 g/mol. The lowest BCUT2D eigenvalue weighted by Gasteiger charge is -2.60. The first-order valence-electron chi connectivity index (χ1n) is 7.48. The van der Waals surface area contributed by atoms with Crippen molar-refractivity contribution in [3.63, 3.8) is 0 Å². The van der Waals surface area contributed by atoms with Crippen LogP contribution in [0.2, 0.25) is 0 Å². The van der Waals surface area contributed by atoms with Gasteiger partial charge >= 0.3 is 0 Å². The van der Waals surface area contributed by atoms with Gasteiger partial charge in [0.25, 0.3) is 0 Å². The summed E-state index contributed by atoms with van der Waals surface area (Å²) in [6, 6.07) is 0. The minimum atomic E-state index is 0.0637. The standard InChI is InChI=1S/C17H24O/c1-3-4-5-6-15(18)17-10-13-7-14(11-17)9-16(2,8-13)12-17/h13-14H,5-12H2,1-2H3. The van der Waals surface area contributed by atoms with E-state index in [-0.39, 0.29) is 5.41 Å². The SMILES string of the molecule is CC#CCCC(=O)C12CC3CC(CC(C)(C3)C1)C2. The molecule has 4 fully saturated rings. The van der Waals surface area contributed by atoms with Crippen LogP contribution in [0.25, 0.3) is 0 Å². The van der Waals surface area contributed by atoms with Crippen molar-refractivity contribution in [2.24, 2.45) is 22.7 Å². The Bertz CT molecular complexity index is 409. The molecule has 2 atom stereocenters. The van der Waals surface area contributed by atoms with E-state index in [0.29, 0.717) is 17.6 Å². The zero-order valence-electron chi connectivity index (χ0n) is 11.7. The summed E-state index contributed by atoms with van der Waals surface area (Å²) in [6.07, 6.45) is 9.18. The Labute approximate surface area is 111 Å². The van der Waals surface area contributed by atoms with Crippen LogP contribution in [0, 0.1) is 34.5 Å². The first-order valence-corrected chi connectivity index (χ1v) is 7.48. The Morgan fingerprint density at radius 2 is 1.89 bits per heavy atom. The van der Waals surface area contributed by atoms with Crippen molar-refractivity contribution in [3.05, 3.63) is 0 Å². The van der Waals surface area contributed by atoms with E-state index in [1.54, 1.807) is 0 Å². The quantitative estimate of drug-likeness (QED) is 0.687. The fourth-order valence-electron chi connectivity index (χ4n) is 5.61. The van der Waals surface area contributed by atoms with Crippen LogP contribution in [0.15, 0.2) is 0 Å². The molecular formula is C17H24O. The Hall–Kier alpha value is -0.770. The molecule has 4 aliphatic carbocycles. The third-order valence-corrected chi connectivity index (χ3v) is 5.60. The third-order valence-electron chi connectivity index (χ3n) is 5.60. The molecule has 98 valence electrons. The molecule has 0 aromatic rings. The van der Waals surface area contributed by atoms with E-state index in [1.165, 1.54) is 38.5 Å². The summed E-state index contributed by atoms with van der Waals surface area (Å²) < 4.78 is 0. The number of hydrogen-bond donors (Lipinski definition) is 0. The van der Waals surface area contributed by atoms with Gasteiger partial charge in [-0.25, -0.2) is 0 Å². The molecule has 4 aliphatic rings. The van der Waals surface area contributed by atoms with Gasteiger partial charge in [0.05, 0.1) is 0 Å². The van der Waals surface area contributed by atoms with Crippen molar-refractivity contribution in [1.29, 1.82) is 0 Å². The lowest BCUT2D eigenvalue weighted by molar-refractivity contribution is -0.152. The summed E-state index contributed by atoms with van der Waals surface area (Å²) in [6.45, 7) is 4.29. The molecule has 0 spiro atoms. The maximum atomic E-state index is 12.6. The number of rotatable bonds is 3. The fourth-order valence-corrected chi connectivity index (χ4v) is 5.61. The molecule has 4 rings (SSSR count). The van der Waals surface area contributed by atoms with E-state index in [9.17, 15) is 4.79 Å². The lowest BCUT2D eigenvalue weighted by atomic mass is 9.43. The minimum Gasteiger partial charge on any atom is -0.299 e. The molecule has 0 saturated heterocycles. The van der Waals surface area contributed by atoms with Gasteiger partial charge in [-0.15, -0.1) is 11.8 Å². The summed E-state index contributed by atoms with van der Waals surface area (Å²) >= 11 is 0. The molecular weight excluding hydrogens is 220 g/mol. The molecule has 0 amide bonds. The van der Waals surface area contributed by atoms with Crippen LogP contribution >= 0.6 is 0 Å². The minimum absolute atomic E-state index is 0.0637. The Balaban J connectivity index is 1.77. The number of hydrogen-bond acceptors (Lipinski definition) is 1. The van der Waals surface area contributed by atoms with E-state index < -0.39 is 0 Å². The van der Waals surface area contributed by atoms with Crippen molar-refractivity contribution in [1.82, 2.24) is 0 Å². The molecule has 1 nitrogen and oxygen atoms in total. The van der Waals surface area contributed by atoms with Gasteiger partial charge < -0.3 is 0 Å². The summed E-state index contributed by atoms with van der Waals surface area (Å²) in [5, 5.41) is 0. The molecule has 0 aliphatic heterocycles. The van der Waals surface area contributed by atoms with Crippen LogP contribution in [0.3, 0.4) is 0 Å². The maximum Gasteiger partial charge on any atom is 0.140 e. The molecule has 0 aromatic carbocycles. The number of ketones is 1. The van der Waals surface area contributed by atoms with E-state index in [4.69, 9.17) is 0 Å². The Kier molecular flexibility index (Phi) is 2.81. The highest BCUT2D eigenvalue weighted by molar-refractivity contribution is 5.85. The van der Waals surface area contributed by atoms with E-state index >= 15 is 0 Å². The van der Waals surface area contributed by atoms with E-state index in [2.05, 4.69) is 18.8 Å². The van der Waals surface area contributed by atoms with Crippen LogP contribution in [0.4, 0.5) is 0 Å². The zero-order valence-corrected chi connectivity index (χ0v) is 11.7. The van der Waals surface area contributed by atoms with Crippen LogP contribution in [0.1, 0.15) is 65.2 Å². The van der Waals surface area contributed by atoms with Gasteiger partial charge in [-0.1, -0.05) is 6.92 Å². The summed E-state index contributed by atoms with van der Waals surface area (Å²) in [5.74, 6) is 8.17. The number of carbonyl (C=O) groups excluding carboxylic acids is 1. The Morgan fingerprint density at radius 1 is 1.22 bits per heavy atom. The average Bonchev–Trinajstić information content (AvgIpc) is 2.25. The highest BCUT2D eigenvalue weighted by Crippen LogP contribution is 2.65. The second-order valence-electron chi connectivity index (χ2n) is 7.40. The summed E-state index contributed by atoms with van der Waals surface area (Å²) in [5.41, 5.74) is 0.546. The third kappa shape index (κ3) is 1.91. The van der Waals surface area contributed by atoms with E-state index in [1.807, 2.05) is 6.92 Å². The smallest absolute Gasteiger partial charge is 0.140 e. The summed E-state index contributed by atoms with van der Waals surface area (Å²) in [7, 11) is 0. The van der Waals surface area contributed by atoms with Crippen LogP contribution in [-0.2, 0) is 4.79 Å². The van der Waals surface area contributed by atoms with Crippen molar-refractivity contribution >= 4 is 5.78 Å². The van der Waals surface area contributed by atoms with Crippen LogP contribution < -0.4 is 0 Å². The van der Waals surface area contributed by atoms with E-state index in [0.717, 1.165) is 18.3 Å². The van der Waals surface area contributed by atoms with Gasteiger partial charge in [-0.3, -0.25) is 4.79 Å². The van der Waals surface area contributed by atoms with Gasteiger partial charge in [0.1, 0.15) is 5.78 Å². The van der Waals surface area contributed by atoms with Gasteiger partial charge in [0, 0.05) is 18.3 Å². The number of Topliss-reactive ketones (excluding diaryl/α,β-unsaturated/α-hetero) is 1. The fraction of sp³-hybridized carbons (Fsp3) is 0.824. The van der Waals surface area contributed by atoms with Gasteiger partial charge in [-0.2, -0.15) is 0 Å². The van der Waals surface area contributed by atoms with Crippen molar-refractivity contribution in [2.45, 2.75) is 65.2 Å². The normalized spacial score (nSPS) is 44.6. The van der Waals surface area contributed by atoms with Crippen molar-refractivity contribution in [3.8, 4) is 11.8 Å². The van der Waals surface area contributed by atoms with Crippen LogP contribution in [-0.4, -0.2) is 5.78 Å². The van der Waals surface area contributed by atoms with Gasteiger partial charge in [0.2, 0.25) is 0 Å². The molecule has 4 saturated carbocycles. The molecule has 0 aromatic heterocycles. The topological polar surface area (TPSA) is 17.1 Å². The monoisotopic (exact) mass is 244 g/mol. The van der Waals surface area contributed by atoms with Crippen molar-refractivity contribution in [2.75, 3.05) is 0 Å². The van der Waals surface area contributed by atoms with Gasteiger partial charge in [0.15, 0.2) is 0 Å². The van der Waals surface area contributed by atoms with Gasteiger partial charge in [-0.05, 0) is 62.7 Å². The van der Waals surface area contributed by atoms with Crippen LogP contribution in [0.5, 0.6) is 0 Å². The predicted molar refractivity (Wildman–Crippen MR) is 72.9 cm³/mol. The molecule has 0 heterocycles. The Morgan fingerprint density at radius 3 is 2.44 bits per heavy atom. The maximum absolute atomic E-state index is 12.6. The van der Waals surface area contributed by atoms with Crippen molar-refractivity contribution < 1.29 is 4.79 Å². The first kappa shape index (κ1) is 12.3. The highest BCUT2D eigenvalue weighted by Gasteiger charge is 2.58.